The molecule has 1 aliphatic heterocycles. The molecule has 0 spiro atoms. The maximum Gasteiger partial charge on any atom is 0.331 e. The Bertz CT molecular complexity index is 1050. The lowest BCUT2D eigenvalue weighted by Crippen LogP contribution is -2.40. The molecule has 0 N–H and O–H groups in total. The van der Waals surface area contributed by atoms with E-state index < -0.39 is 28.3 Å². The van der Waals surface area contributed by atoms with Gasteiger partial charge in [0, 0.05) is 30.6 Å². The third-order valence-electron chi connectivity index (χ3n) is 5.39. The molecule has 3 heterocycles. The van der Waals surface area contributed by atoms with Gasteiger partial charge >= 0.3 is 5.97 Å². The van der Waals surface area contributed by atoms with Crippen LogP contribution in [0.5, 0.6) is 0 Å². The summed E-state index contributed by atoms with van der Waals surface area (Å²) in [6, 6.07) is 5.34. The predicted molar refractivity (Wildman–Crippen MR) is 112 cm³/mol. The van der Waals surface area contributed by atoms with Crippen molar-refractivity contribution < 1.29 is 27.2 Å². The number of amides is 1. The van der Waals surface area contributed by atoms with Gasteiger partial charge in [0.2, 0.25) is 0 Å². The molecule has 1 amide bonds. The standard InChI is InChI=1S/C21H26N2O6S/c1-15-11-17(16(2)23(15)12-19-5-4-9-28-19)6-7-21(25)29-13-20(24)22(3)18-8-10-30(26,27)14-18/h4-7,9,11,18H,8,10,12-14H2,1-3H3. The van der Waals surface area contributed by atoms with E-state index in [1.54, 1.807) is 12.3 Å². The maximum atomic E-state index is 12.2. The Morgan fingerprint density at radius 2 is 2.13 bits per heavy atom. The first-order valence-corrected chi connectivity index (χ1v) is 11.5. The second-order valence-electron chi connectivity index (χ2n) is 7.49. The van der Waals surface area contributed by atoms with Crippen LogP contribution in [-0.2, 0) is 30.7 Å². The van der Waals surface area contributed by atoms with Crippen LogP contribution in [0.15, 0.2) is 35.0 Å². The highest BCUT2D eigenvalue weighted by Crippen LogP contribution is 2.19. The van der Waals surface area contributed by atoms with Crippen molar-refractivity contribution in [3.63, 3.8) is 0 Å². The number of rotatable bonds is 7. The van der Waals surface area contributed by atoms with E-state index in [9.17, 15) is 18.0 Å². The lowest BCUT2D eigenvalue weighted by molar-refractivity contribution is -0.148. The molecule has 8 nitrogen and oxygen atoms in total. The van der Waals surface area contributed by atoms with Crippen molar-refractivity contribution in [2.24, 2.45) is 0 Å². The fourth-order valence-corrected chi connectivity index (χ4v) is 5.30. The van der Waals surface area contributed by atoms with Gasteiger partial charge in [-0.15, -0.1) is 0 Å². The zero-order valence-corrected chi connectivity index (χ0v) is 18.1. The summed E-state index contributed by atoms with van der Waals surface area (Å²) in [5, 5.41) is 0. The number of aryl methyl sites for hydroxylation is 1. The minimum absolute atomic E-state index is 0.0449. The summed E-state index contributed by atoms with van der Waals surface area (Å²) in [6.07, 6.45) is 4.98. The van der Waals surface area contributed by atoms with Gasteiger partial charge in [-0.1, -0.05) is 0 Å². The molecule has 3 rings (SSSR count). The van der Waals surface area contributed by atoms with Crippen molar-refractivity contribution in [3.8, 4) is 0 Å². The van der Waals surface area contributed by atoms with Crippen molar-refractivity contribution in [1.29, 1.82) is 0 Å². The van der Waals surface area contributed by atoms with Gasteiger partial charge in [0.25, 0.3) is 5.91 Å². The summed E-state index contributed by atoms with van der Waals surface area (Å²) in [6.45, 7) is 4.10. The average molecular weight is 435 g/mol. The highest BCUT2D eigenvalue weighted by atomic mass is 32.2. The van der Waals surface area contributed by atoms with Crippen molar-refractivity contribution in [1.82, 2.24) is 9.47 Å². The fourth-order valence-electron chi connectivity index (χ4n) is 3.52. The molecule has 0 aliphatic carbocycles. The first-order valence-electron chi connectivity index (χ1n) is 9.66. The number of likely N-dealkylation sites (N-methyl/N-ethyl adjacent to an activating group) is 1. The summed E-state index contributed by atoms with van der Waals surface area (Å²) in [4.78, 5) is 25.6. The van der Waals surface area contributed by atoms with Crippen LogP contribution in [0.2, 0.25) is 0 Å². The van der Waals surface area contributed by atoms with Crippen molar-refractivity contribution >= 4 is 27.8 Å². The van der Waals surface area contributed by atoms with Crippen LogP contribution < -0.4 is 0 Å². The lowest BCUT2D eigenvalue weighted by atomic mass is 10.2. The van der Waals surface area contributed by atoms with Crippen molar-refractivity contribution in [2.75, 3.05) is 25.2 Å². The molecule has 162 valence electrons. The fraction of sp³-hybridized carbons (Fsp3) is 0.429. The Balaban J connectivity index is 1.54. The minimum Gasteiger partial charge on any atom is -0.467 e. The van der Waals surface area contributed by atoms with E-state index in [1.165, 1.54) is 18.0 Å². The van der Waals surface area contributed by atoms with Gasteiger partial charge in [-0.3, -0.25) is 4.79 Å². The summed E-state index contributed by atoms with van der Waals surface area (Å²) in [5.74, 6) is -0.182. The Labute approximate surface area is 176 Å². The number of furan rings is 1. The van der Waals surface area contributed by atoms with E-state index in [-0.39, 0.29) is 17.5 Å². The molecular weight excluding hydrogens is 408 g/mol. The second-order valence-corrected chi connectivity index (χ2v) is 9.72. The zero-order valence-electron chi connectivity index (χ0n) is 17.3. The average Bonchev–Trinajstić information content (AvgIpc) is 3.40. The van der Waals surface area contributed by atoms with Crippen molar-refractivity contribution in [3.05, 3.63) is 53.2 Å². The maximum absolute atomic E-state index is 12.2. The number of nitrogens with zero attached hydrogens (tertiary/aromatic N) is 2. The van der Waals surface area contributed by atoms with E-state index in [1.807, 2.05) is 32.0 Å². The van der Waals surface area contributed by atoms with E-state index in [2.05, 4.69) is 4.57 Å². The number of hydrogen-bond acceptors (Lipinski definition) is 6. The third-order valence-corrected chi connectivity index (χ3v) is 7.14. The van der Waals surface area contributed by atoms with Crippen LogP contribution in [0.3, 0.4) is 0 Å². The molecule has 30 heavy (non-hydrogen) atoms. The first kappa shape index (κ1) is 21.9. The van der Waals surface area contributed by atoms with Gasteiger partial charge in [-0.2, -0.15) is 0 Å². The van der Waals surface area contributed by atoms with Gasteiger partial charge in [0.1, 0.15) is 5.76 Å². The lowest BCUT2D eigenvalue weighted by Gasteiger charge is -2.22. The second kappa shape index (κ2) is 8.91. The first-order chi connectivity index (χ1) is 14.2. The monoisotopic (exact) mass is 434 g/mol. The summed E-state index contributed by atoms with van der Waals surface area (Å²) < 4.78 is 35.6. The summed E-state index contributed by atoms with van der Waals surface area (Å²) in [7, 11) is -1.55. The van der Waals surface area contributed by atoms with Crippen molar-refractivity contribution in [2.45, 2.75) is 32.9 Å². The molecule has 1 fully saturated rings. The third kappa shape index (κ3) is 5.21. The molecule has 0 aromatic carbocycles. The number of carbonyl (C=O) groups is 2. The van der Waals surface area contributed by atoms with Gasteiger partial charge in [0.15, 0.2) is 16.4 Å². The molecule has 1 saturated heterocycles. The minimum atomic E-state index is -3.09. The predicted octanol–water partition coefficient (Wildman–Crippen LogP) is 1.95. The Kier molecular flexibility index (Phi) is 6.50. The van der Waals surface area contributed by atoms with Gasteiger partial charge in [-0.25, -0.2) is 13.2 Å². The normalized spacial score (nSPS) is 18.0. The Morgan fingerprint density at radius 3 is 2.77 bits per heavy atom. The molecule has 1 aliphatic rings. The number of sulfone groups is 1. The Hall–Kier alpha value is -2.81. The number of carbonyl (C=O) groups excluding carboxylic acids is 2. The smallest absolute Gasteiger partial charge is 0.331 e. The number of hydrogen-bond donors (Lipinski definition) is 0. The van der Waals surface area contributed by atoms with Crippen LogP contribution in [0.1, 0.15) is 29.1 Å². The number of esters is 1. The van der Waals surface area contributed by atoms with Crippen LogP contribution in [0, 0.1) is 13.8 Å². The van der Waals surface area contributed by atoms with E-state index in [0.717, 1.165) is 22.7 Å². The molecule has 1 unspecified atom stereocenters. The molecule has 2 aromatic rings. The number of aromatic nitrogens is 1. The highest BCUT2D eigenvalue weighted by molar-refractivity contribution is 7.91. The summed E-state index contributed by atoms with van der Waals surface area (Å²) >= 11 is 0. The molecule has 0 radical (unpaired) electrons. The summed E-state index contributed by atoms with van der Waals surface area (Å²) in [5.41, 5.74) is 2.88. The topological polar surface area (TPSA) is 98.8 Å². The van der Waals surface area contributed by atoms with Gasteiger partial charge < -0.3 is 18.6 Å². The SMILES string of the molecule is Cc1cc(C=CC(=O)OCC(=O)N(C)C2CCS(=O)(=O)C2)c(C)n1Cc1ccco1. The zero-order chi connectivity index (χ0) is 21.9. The van der Waals surface area contributed by atoms with E-state index >= 15 is 0 Å². The van der Waals surface area contributed by atoms with Gasteiger partial charge in [0.05, 0.1) is 24.3 Å². The van der Waals surface area contributed by atoms with Crippen LogP contribution in [0.25, 0.3) is 6.08 Å². The van der Waals surface area contributed by atoms with E-state index in [4.69, 9.17) is 9.15 Å². The number of ether oxygens (including phenoxy) is 1. The molecule has 1 atom stereocenters. The van der Waals surface area contributed by atoms with Gasteiger partial charge in [-0.05, 0) is 50.1 Å². The molecular formula is C21H26N2O6S. The molecule has 0 bridgehead atoms. The van der Waals surface area contributed by atoms with Crippen LogP contribution >= 0.6 is 0 Å². The molecule has 0 saturated carbocycles. The Morgan fingerprint density at radius 1 is 1.37 bits per heavy atom. The highest BCUT2D eigenvalue weighted by Gasteiger charge is 2.32. The molecule has 9 heteroatoms. The van der Waals surface area contributed by atoms with Crippen LogP contribution in [0.4, 0.5) is 0 Å². The largest absolute Gasteiger partial charge is 0.467 e. The molecule has 2 aromatic heterocycles. The van der Waals surface area contributed by atoms with E-state index in [0.29, 0.717) is 13.0 Å². The quantitative estimate of drug-likeness (QED) is 0.488. The van der Waals surface area contributed by atoms with Crippen LogP contribution in [-0.4, -0.2) is 61.0 Å².